The molecule has 0 radical (unpaired) electrons. The quantitative estimate of drug-likeness (QED) is 0.806. The Morgan fingerprint density at radius 3 is 2.72 bits per heavy atom. The van der Waals surface area contributed by atoms with Gasteiger partial charge in [-0.25, -0.2) is 17.6 Å². The maximum Gasteiger partial charge on any atom is 0.337 e. The van der Waals surface area contributed by atoms with Gasteiger partial charge in [0.25, 0.3) is 0 Å². The van der Waals surface area contributed by atoms with Crippen LogP contribution < -0.4 is 4.72 Å². The van der Waals surface area contributed by atoms with Crippen molar-refractivity contribution in [2.24, 2.45) is 0 Å². The minimum absolute atomic E-state index is 0.0486. The minimum atomic E-state index is -3.77. The highest BCUT2D eigenvalue weighted by molar-refractivity contribution is 7.92. The number of sulfonamides is 1. The largest absolute Gasteiger partial charge is 0.478 e. The second-order valence-corrected chi connectivity index (χ2v) is 5.25. The van der Waals surface area contributed by atoms with E-state index in [1.807, 2.05) is 4.72 Å². The van der Waals surface area contributed by atoms with Crippen LogP contribution in [0.5, 0.6) is 0 Å². The molecular formula is C10H12FNO5S. The molecule has 8 heteroatoms. The highest BCUT2D eigenvalue weighted by atomic mass is 32.2. The third-order valence-corrected chi connectivity index (χ3v) is 3.27. The van der Waals surface area contributed by atoms with Crippen molar-refractivity contribution in [2.75, 3.05) is 24.2 Å². The summed E-state index contributed by atoms with van der Waals surface area (Å²) >= 11 is 0. The van der Waals surface area contributed by atoms with E-state index in [0.717, 1.165) is 18.2 Å². The van der Waals surface area contributed by atoms with E-state index in [1.54, 1.807) is 0 Å². The lowest BCUT2D eigenvalue weighted by molar-refractivity contribution is 0.0698. The fourth-order valence-electron chi connectivity index (χ4n) is 1.20. The van der Waals surface area contributed by atoms with E-state index in [0.29, 0.717) is 0 Å². The van der Waals surface area contributed by atoms with Gasteiger partial charge in [0.1, 0.15) is 5.82 Å². The normalized spacial score (nSPS) is 11.2. The number of methoxy groups -OCH3 is 1. The second-order valence-electron chi connectivity index (χ2n) is 3.41. The number of ether oxygens (including phenoxy) is 1. The molecule has 18 heavy (non-hydrogen) atoms. The summed E-state index contributed by atoms with van der Waals surface area (Å²) in [5.41, 5.74) is -0.629. The highest BCUT2D eigenvalue weighted by Gasteiger charge is 2.16. The molecule has 0 spiro atoms. The number of carboxylic acid groups (broad SMARTS) is 1. The number of aromatic carboxylic acids is 1. The Kier molecular flexibility index (Phi) is 4.62. The molecule has 100 valence electrons. The van der Waals surface area contributed by atoms with Gasteiger partial charge in [-0.2, -0.15) is 0 Å². The van der Waals surface area contributed by atoms with E-state index >= 15 is 0 Å². The molecule has 0 aliphatic heterocycles. The zero-order valence-electron chi connectivity index (χ0n) is 9.51. The van der Waals surface area contributed by atoms with Crippen molar-refractivity contribution in [3.63, 3.8) is 0 Å². The number of hydrogen-bond acceptors (Lipinski definition) is 4. The summed E-state index contributed by atoms with van der Waals surface area (Å²) < 4.78 is 42.7. The van der Waals surface area contributed by atoms with Crippen molar-refractivity contribution < 1.29 is 27.4 Å². The fourth-order valence-corrected chi connectivity index (χ4v) is 2.19. The molecule has 0 amide bonds. The Hall–Kier alpha value is -1.67. The van der Waals surface area contributed by atoms with Crippen LogP contribution in [0, 0.1) is 5.82 Å². The Labute approximate surface area is 103 Å². The fraction of sp³-hybridized carbons (Fsp3) is 0.300. The number of hydrogen-bond donors (Lipinski definition) is 2. The monoisotopic (exact) mass is 277 g/mol. The minimum Gasteiger partial charge on any atom is -0.478 e. The summed E-state index contributed by atoms with van der Waals surface area (Å²) in [4.78, 5) is 10.9. The van der Waals surface area contributed by atoms with E-state index in [2.05, 4.69) is 4.74 Å². The number of carboxylic acids is 1. The molecule has 2 N–H and O–H groups in total. The molecule has 0 saturated heterocycles. The van der Waals surface area contributed by atoms with Crippen molar-refractivity contribution in [1.29, 1.82) is 0 Å². The molecule has 1 rings (SSSR count). The number of benzene rings is 1. The van der Waals surface area contributed by atoms with E-state index in [1.165, 1.54) is 7.11 Å². The van der Waals surface area contributed by atoms with E-state index in [9.17, 15) is 17.6 Å². The number of carbonyl (C=O) groups is 1. The molecule has 0 aromatic heterocycles. The van der Waals surface area contributed by atoms with Crippen LogP contribution in [0.3, 0.4) is 0 Å². The van der Waals surface area contributed by atoms with Gasteiger partial charge in [0.2, 0.25) is 10.0 Å². The van der Waals surface area contributed by atoms with Crippen LogP contribution >= 0.6 is 0 Å². The van der Waals surface area contributed by atoms with Crippen molar-refractivity contribution in [1.82, 2.24) is 0 Å². The van der Waals surface area contributed by atoms with Gasteiger partial charge < -0.3 is 9.84 Å². The van der Waals surface area contributed by atoms with Crippen LogP contribution in [0.2, 0.25) is 0 Å². The van der Waals surface area contributed by atoms with Crippen molar-refractivity contribution in [3.8, 4) is 0 Å². The summed E-state index contributed by atoms with van der Waals surface area (Å²) in [5.74, 6) is -2.43. The van der Waals surface area contributed by atoms with Crippen molar-refractivity contribution >= 4 is 21.7 Å². The van der Waals surface area contributed by atoms with Crippen LogP contribution in [0.1, 0.15) is 10.4 Å². The smallest absolute Gasteiger partial charge is 0.337 e. The first-order valence-corrected chi connectivity index (χ1v) is 6.53. The highest BCUT2D eigenvalue weighted by Crippen LogP contribution is 2.18. The summed E-state index contributed by atoms with van der Waals surface area (Å²) in [5, 5.41) is 8.85. The molecule has 0 atom stereocenters. The van der Waals surface area contributed by atoms with Crippen LogP contribution in [-0.4, -0.2) is 39.0 Å². The Morgan fingerprint density at radius 1 is 1.50 bits per heavy atom. The summed E-state index contributed by atoms with van der Waals surface area (Å²) in [6, 6.07) is 2.75. The number of anilines is 1. The Balaban J connectivity index is 3.02. The molecule has 0 aliphatic rings. The van der Waals surface area contributed by atoms with Crippen LogP contribution in [-0.2, 0) is 14.8 Å². The topological polar surface area (TPSA) is 92.7 Å². The van der Waals surface area contributed by atoms with Gasteiger partial charge in [-0.1, -0.05) is 0 Å². The SMILES string of the molecule is COCCS(=O)(=O)Nc1cc(F)ccc1C(=O)O. The van der Waals surface area contributed by atoms with Gasteiger partial charge in [0, 0.05) is 7.11 Å². The maximum atomic E-state index is 13.0. The average Bonchev–Trinajstić information content (AvgIpc) is 2.25. The first-order chi connectivity index (χ1) is 8.35. The van der Waals surface area contributed by atoms with Crippen LogP contribution in [0.15, 0.2) is 18.2 Å². The lowest BCUT2D eigenvalue weighted by Crippen LogP contribution is -2.21. The van der Waals surface area contributed by atoms with Gasteiger partial charge in [0.15, 0.2) is 0 Å². The Morgan fingerprint density at radius 2 is 2.17 bits per heavy atom. The van der Waals surface area contributed by atoms with Crippen molar-refractivity contribution in [2.45, 2.75) is 0 Å². The molecule has 1 aromatic carbocycles. The summed E-state index contributed by atoms with van der Waals surface area (Å²) in [6.07, 6.45) is 0. The number of halogens is 1. The first kappa shape index (κ1) is 14.4. The lowest BCUT2D eigenvalue weighted by Gasteiger charge is -2.10. The van der Waals surface area contributed by atoms with Crippen LogP contribution in [0.25, 0.3) is 0 Å². The first-order valence-electron chi connectivity index (χ1n) is 4.88. The average molecular weight is 277 g/mol. The maximum absolute atomic E-state index is 13.0. The van der Waals surface area contributed by atoms with Crippen LogP contribution in [0.4, 0.5) is 10.1 Å². The molecule has 0 saturated carbocycles. The van der Waals surface area contributed by atoms with Gasteiger partial charge in [-0.3, -0.25) is 4.72 Å². The number of nitrogens with one attached hydrogen (secondary N) is 1. The Bertz CT molecular complexity index is 543. The molecule has 0 aliphatic carbocycles. The third kappa shape index (κ3) is 3.97. The van der Waals surface area contributed by atoms with Gasteiger partial charge in [-0.05, 0) is 18.2 Å². The molecule has 6 nitrogen and oxygen atoms in total. The molecule has 0 heterocycles. The van der Waals surface area contributed by atoms with E-state index in [-0.39, 0.29) is 23.6 Å². The zero-order chi connectivity index (χ0) is 13.8. The predicted molar refractivity (Wildman–Crippen MR) is 62.6 cm³/mol. The molecule has 0 unspecified atom stereocenters. The third-order valence-electron chi connectivity index (χ3n) is 2.03. The van der Waals surface area contributed by atoms with Gasteiger partial charge in [0.05, 0.1) is 23.6 Å². The number of rotatable bonds is 6. The molecule has 1 aromatic rings. The standard InChI is InChI=1S/C10H12FNO5S/c1-17-4-5-18(15,16)12-9-6-7(11)2-3-8(9)10(13)14/h2-3,6,12H,4-5H2,1H3,(H,13,14). The van der Waals surface area contributed by atoms with E-state index in [4.69, 9.17) is 5.11 Å². The second kappa shape index (κ2) is 5.78. The molecule has 0 bridgehead atoms. The van der Waals surface area contributed by atoms with Gasteiger partial charge in [-0.15, -0.1) is 0 Å². The summed E-state index contributed by atoms with van der Waals surface area (Å²) in [7, 11) is -2.44. The molecular weight excluding hydrogens is 265 g/mol. The van der Waals surface area contributed by atoms with E-state index < -0.39 is 21.8 Å². The lowest BCUT2D eigenvalue weighted by atomic mass is 10.2. The zero-order valence-corrected chi connectivity index (χ0v) is 10.3. The van der Waals surface area contributed by atoms with Gasteiger partial charge >= 0.3 is 5.97 Å². The van der Waals surface area contributed by atoms with Crippen molar-refractivity contribution in [3.05, 3.63) is 29.6 Å². The summed E-state index contributed by atoms with van der Waals surface area (Å²) in [6.45, 7) is -0.0486. The molecule has 0 fully saturated rings. The predicted octanol–water partition coefficient (Wildman–Crippen LogP) is 0.912.